The molecular formula is C14H22N2O. The Morgan fingerprint density at radius 2 is 1.94 bits per heavy atom. The van der Waals surface area contributed by atoms with Crippen LogP contribution in [0.15, 0.2) is 30.3 Å². The molecule has 1 N–H and O–H groups in total. The molecule has 1 aliphatic heterocycles. The zero-order valence-electron chi connectivity index (χ0n) is 10.9. The van der Waals surface area contributed by atoms with Gasteiger partial charge < -0.3 is 4.90 Å². The van der Waals surface area contributed by atoms with Crippen molar-refractivity contribution in [1.29, 1.82) is 0 Å². The van der Waals surface area contributed by atoms with Crippen molar-refractivity contribution in [2.24, 2.45) is 5.92 Å². The average Bonchev–Trinajstić information content (AvgIpc) is 2.27. The van der Waals surface area contributed by atoms with Crippen LogP contribution >= 0.6 is 0 Å². The maximum absolute atomic E-state index is 5.66. The maximum atomic E-state index is 5.66. The van der Waals surface area contributed by atoms with Gasteiger partial charge in [-0.15, -0.1) is 0 Å². The van der Waals surface area contributed by atoms with Crippen LogP contribution in [0.2, 0.25) is 0 Å². The molecule has 0 amide bonds. The van der Waals surface area contributed by atoms with E-state index in [0.717, 1.165) is 13.1 Å². The first-order valence-electron chi connectivity index (χ1n) is 6.24. The molecule has 94 valence electrons. The van der Waals surface area contributed by atoms with Gasteiger partial charge in [-0.05, 0) is 18.5 Å². The molecule has 1 aromatic carbocycles. The molecule has 3 heteroatoms. The molecule has 3 nitrogen and oxygen atoms in total. The van der Waals surface area contributed by atoms with E-state index in [4.69, 9.17) is 4.84 Å². The standard InChI is InChI=1S/C14H22N2O/c1-12(2)14(10-16(3)11-14)15-17-9-13-7-5-4-6-8-13/h4-8,12,15H,9-11H2,1-3H3. The minimum Gasteiger partial charge on any atom is -0.302 e. The lowest BCUT2D eigenvalue weighted by molar-refractivity contribution is -0.109. The van der Waals surface area contributed by atoms with Crippen molar-refractivity contribution in [1.82, 2.24) is 10.4 Å². The molecule has 1 aliphatic rings. The van der Waals surface area contributed by atoms with E-state index in [1.807, 2.05) is 18.2 Å². The lowest BCUT2D eigenvalue weighted by Crippen LogP contribution is -2.70. The molecule has 0 spiro atoms. The highest BCUT2D eigenvalue weighted by molar-refractivity contribution is 5.13. The van der Waals surface area contributed by atoms with E-state index in [1.54, 1.807) is 0 Å². The third-order valence-corrected chi connectivity index (χ3v) is 3.57. The fraction of sp³-hybridized carbons (Fsp3) is 0.571. The van der Waals surface area contributed by atoms with Crippen molar-refractivity contribution >= 4 is 0 Å². The first kappa shape index (κ1) is 12.6. The Morgan fingerprint density at radius 1 is 1.29 bits per heavy atom. The number of likely N-dealkylation sites (N-methyl/N-ethyl adjacent to an activating group) is 1. The monoisotopic (exact) mass is 234 g/mol. The van der Waals surface area contributed by atoms with Crippen LogP contribution in [0.1, 0.15) is 19.4 Å². The van der Waals surface area contributed by atoms with Gasteiger partial charge in [-0.1, -0.05) is 44.2 Å². The minimum absolute atomic E-state index is 0.129. The van der Waals surface area contributed by atoms with Crippen LogP contribution in [0, 0.1) is 5.92 Å². The van der Waals surface area contributed by atoms with E-state index in [2.05, 4.69) is 43.4 Å². The van der Waals surface area contributed by atoms with Crippen molar-refractivity contribution in [3.8, 4) is 0 Å². The molecule has 0 aromatic heterocycles. The Balaban J connectivity index is 1.81. The van der Waals surface area contributed by atoms with Crippen LogP contribution in [-0.4, -0.2) is 30.6 Å². The Bertz CT molecular complexity index is 344. The summed E-state index contributed by atoms with van der Waals surface area (Å²) in [7, 11) is 2.14. The number of benzene rings is 1. The highest BCUT2D eigenvalue weighted by Crippen LogP contribution is 2.27. The largest absolute Gasteiger partial charge is 0.302 e. The first-order chi connectivity index (χ1) is 8.12. The highest BCUT2D eigenvalue weighted by Gasteiger charge is 2.44. The maximum Gasteiger partial charge on any atom is 0.0933 e. The van der Waals surface area contributed by atoms with Crippen LogP contribution in [0.25, 0.3) is 0 Å². The normalized spacial score (nSPS) is 19.3. The molecule has 2 rings (SSSR count). The van der Waals surface area contributed by atoms with Crippen molar-refractivity contribution in [3.05, 3.63) is 35.9 Å². The predicted octanol–water partition coefficient (Wildman–Crippen LogP) is 2.05. The fourth-order valence-corrected chi connectivity index (χ4v) is 2.30. The van der Waals surface area contributed by atoms with Gasteiger partial charge in [0.15, 0.2) is 0 Å². The number of hydroxylamine groups is 1. The van der Waals surface area contributed by atoms with Gasteiger partial charge in [-0.2, -0.15) is 5.48 Å². The molecule has 0 radical (unpaired) electrons. The van der Waals surface area contributed by atoms with E-state index in [0.29, 0.717) is 12.5 Å². The summed E-state index contributed by atoms with van der Waals surface area (Å²) in [6, 6.07) is 10.3. The third kappa shape index (κ3) is 2.86. The Kier molecular flexibility index (Phi) is 3.82. The van der Waals surface area contributed by atoms with E-state index < -0.39 is 0 Å². The second-order valence-corrected chi connectivity index (χ2v) is 5.36. The number of likely N-dealkylation sites (tertiary alicyclic amines) is 1. The molecule has 1 aromatic rings. The Labute approximate surface area is 104 Å². The molecule has 0 saturated carbocycles. The summed E-state index contributed by atoms with van der Waals surface area (Å²) < 4.78 is 0. The van der Waals surface area contributed by atoms with Crippen molar-refractivity contribution < 1.29 is 4.84 Å². The third-order valence-electron chi connectivity index (χ3n) is 3.57. The van der Waals surface area contributed by atoms with Crippen molar-refractivity contribution in [3.63, 3.8) is 0 Å². The molecule has 0 bridgehead atoms. The summed E-state index contributed by atoms with van der Waals surface area (Å²) in [6.07, 6.45) is 0. The second-order valence-electron chi connectivity index (χ2n) is 5.36. The summed E-state index contributed by atoms with van der Waals surface area (Å²) in [5.41, 5.74) is 4.60. The van der Waals surface area contributed by atoms with E-state index >= 15 is 0 Å². The summed E-state index contributed by atoms with van der Waals surface area (Å²) in [6.45, 7) is 7.22. The van der Waals surface area contributed by atoms with Gasteiger partial charge in [-0.3, -0.25) is 4.84 Å². The summed E-state index contributed by atoms with van der Waals surface area (Å²) in [5, 5.41) is 0. The van der Waals surface area contributed by atoms with Crippen LogP contribution in [0.4, 0.5) is 0 Å². The first-order valence-corrected chi connectivity index (χ1v) is 6.24. The van der Waals surface area contributed by atoms with Gasteiger partial charge in [-0.25, -0.2) is 0 Å². The van der Waals surface area contributed by atoms with Crippen molar-refractivity contribution in [2.45, 2.75) is 26.0 Å². The lowest BCUT2D eigenvalue weighted by atomic mass is 9.80. The quantitative estimate of drug-likeness (QED) is 0.789. The summed E-state index contributed by atoms with van der Waals surface area (Å²) >= 11 is 0. The SMILES string of the molecule is CC(C)C1(NOCc2ccccc2)CN(C)C1. The van der Waals surface area contributed by atoms with Crippen LogP contribution < -0.4 is 5.48 Å². The molecular weight excluding hydrogens is 212 g/mol. The predicted molar refractivity (Wildman–Crippen MR) is 69.4 cm³/mol. The molecule has 1 heterocycles. The van der Waals surface area contributed by atoms with Gasteiger partial charge in [0, 0.05) is 13.1 Å². The Hall–Kier alpha value is -0.900. The minimum atomic E-state index is 0.129. The molecule has 0 unspecified atom stereocenters. The average molecular weight is 234 g/mol. The van der Waals surface area contributed by atoms with Crippen LogP contribution in [0.5, 0.6) is 0 Å². The molecule has 17 heavy (non-hydrogen) atoms. The molecule has 0 atom stereocenters. The van der Waals surface area contributed by atoms with E-state index in [1.165, 1.54) is 5.56 Å². The van der Waals surface area contributed by atoms with E-state index in [9.17, 15) is 0 Å². The number of hydrogen-bond acceptors (Lipinski definition) is 3. The van der Waals surface area contributed by atoms with Gasteiger partial charge in [0.25, 0.3) is 0 Å². The zero-order valence-corrected chi connectivity index (χ0v) is 10.9. The topological polar surface area (TPSA) is 24.5 Å². The van der Waals surface area contributed by atoms with E-state index in [-0.39, 0.29) is 5.54 Å². The summed E-state index contributed by atoms with van der Waals surface area (Å²) in [5.74, 6) is 0.578. The number of nitrogens with one attached hydrogen (secondary N) is 1. The lowest BCUT2D eigenvalue weighted by Gasteiger charge is -2.51. The summed E-state index contributed by atoms with van der Waals surface area (Å²) in [4.78, 5) is 7.96. The molecule has 1 fully saturated rings. The fourth-order valence-electron chi connectivity index (χ4n) is 2.30. The van der Waals surface area contributed by atoms with Crippen LogP contribution in [0.3, 0.4) is 0 Å². The van der Waals surface area contributed by atoms with Gasteiger partial charge >= 0.3 is 0 Å². The zero-order chi connectivity index (χ0) is 12.3. The molecule has 1 saturated heterocycles. The van der Waals surface area contributed by atoms with Gasteiger partial charge in [0.1, 0.15) is 0 Å². The second kappa shape index (κ2) is 5.17. The Morgan fingerprint density at radius 3 is 2.47 bits per heavy atom. The molecule has 0 aliphatic carbocycles. The number of nitrogens with zero attached hydrogens (tertiary/aromatic N) is 1. The van der Waals surface area contributed by atoms with Gasteiger partial charge in [0.2, 0.25) is 0 Å². The number of rotatable bonds is 5. The smallest absolute Gasteiger partial charge is 0.0933 e. The van der Waals surface area contributed by atoms with Gasteiger partial charge in [0.05, 0.1) is 12.1 Å². The highest BCUT2D eigenvalue weighted by atomic mass is 16.6. The number of hydrogen-bond donors (Lipinski definition) is 1. The van der Waals surface area contributed by atoms with Crippen LogP contribution in [-0.2, 0) is 11.4 Å². The van der Waals surface area contributed by atoms with Crippen molar-refractivity contribution in [2.75, 3.05) is 20.1 Å².